The Morgan fingerprint density at radius 1 is 1.50 bits per heavy atom. The average Bonchev–Trinajstić information content (AvgIpc) is 2.81. The summed E-state index contributed by atoms with van der Waals surface area (Å²) in [6.07, 6.45) is 1.78. The highest BCUT2D eigenvalue weighted by molar-refractivity contribution is 7.94. The predicted molar refractivity (Wildman–Crippen MR) is 75.8 cm³/mol. The van der Waals surface area contributed by atoms with E-state index in [9.17, 15) is 13.2 Å². The molecule has 1 N–H and O–H groups in total. The monoisotopic (exact) mass is 297 g/mol. The number of allylic oxidation sites excluding steroid dienone is 1. The number of aryl methyl sites for hydroxylation is 2. The average molecular weight is 297 g/mol. The summed E-state index contributed by atoms with van der Waals surface area (Å²) in [6, 6.07) is 1.75. The summed E-state index contributed by atoms with van der Waals surface area (Å²) in [6.45, 7) is 5.60. The molecule has 0 fully saturated rings. The number of nitrogens with one attached hydrogen (secondary N) is 1. The highest BCUT2D eigenvalue weighted by Crippen LogP contribution is 2.22. The molecule has 0 saturated heterocycles. The Labute approximate surface area is 119 Å². The molecule has 1 aliphatic rings. The highest BCUT2D eigenvalue weighted by Gasteiger charge is 2.24. The van der Waals surface area contributed by atoms with Crippen LogP contribution < -0.4 is 5.32 Å². The van der Waals surface area contributed by atoms with Crippen molar-refractivity contribution in [1.82, 2.24) is 5.32 Å². The maximum absolute atomic E-state index is 11.9. The largest absolute Gasteiger partial charge is 0.466 e. The predicted octanol–water partition coefficient (Wildman–Crippen LogP) is 2.02. The smallest absolute Gasteiger partial charge is 0.221 e. The molecule has 0 aliphatic carbocycles. The van der Waals surface area contributed by atoms with Gasteiger partial charge in [-0.2, -0.15) is 0 Å². The van der Waals surface area contributed by atoms with E-state index >= 15 is 0 Å². The number of carbonyl (C=O) groups excluding carboxylic acids is 1. The van der Waals surface area contributed by atoms with Crippen LogP contribution in [-0.2, 0) is 14.6 Å². The van der Waals surface area contributed by atoms with E-state index in [4.69, 9.17) is 4.42 Å². The lowest BCUT2D eigenvalue weighted by Crippen LogP contribution is -2.28. The van der Waals surface area contributed by atoms with Crippen LogP contribution in [0.5, 0.6) is 0 Å². The first-order chi connectivity index (χ1) is 9.27. The Bertz CT molecular complexity index is 642. The zero-order chi connectivity index (χ0) is 14.9. The van der Waals surface area contributed by atoms with Gasteiger partial charge in [0.15, 0.2) is 9.84 Å². The molecule has 20 heavy (non-hydrogen) atoms. The minimum atomic E-state index is -3.10. The van der Waals surface area contributed by atoms with Gasteiger partial charge in [0, 0.05) is 23.3 Å². The van der Waals surface area contributed by atoms with Crippen molar-refractivity contribution in [2.45, 2.75) is 33.2 Å². The van der Waals surface area contributed by atoms with Crippen molar-refractivity contribution < 1.29 is 17.6 Å². The van der Waals surface area contributed by atoms with Gasteiger partial charge in [-0.05, 0) is 26.8 Å². The van der Waals surface area contributed by atoms with Crippen LogP contribution in [-0.4, -0.2) is 20.1 Å². The fourth-order valence-electron chi connectivity index (χ4n) is 2.46. The molecule has 1 amide bonds. The number of furan rings is 1. The van der Waals surface area contributed by atoms with Crippen LogP contribution in [0.4, 0.5) is 0 Å². The van der Waals surface area contributed by atoms with Crippen molar-refractivity contribution in [2.75, 3.05) is 5.75 Å². The molecule has 0 bridgehead atoms. The summed E-state index contributed by atoms with van der Waals surface area (Å²) >= 11 is 0. The lowest BCUT2D eigenvalue weighted by molar-refractivity contribution is -0.122. The molecular weight excluding hydrogens is 278 g/mol. The summed E-state index contributed by atoms with van der Waals surface area (Å²) in [4.78, 5) is 11.9. The van der Waals surface area contributed by atoms with E-state index in [0.29, 0.717) is 0 Å². The van der Waals surface area contributed by atoms with E-state index in [0.717, 1.165) is 17.1 Å². The topological polar surface area (TPSA) is 76.4 Å². The number of amides is 1. The molecule has 6 heteroatoms. The van der Waals surface area contributed by atoms with E-state index in [1.54, 1.807) is 6.08 Å². The van der Waals surface area contributed by atoms with E-state index in [1.807, 2.05) is 26.8 Å². The Hall–Kier alpha value is -1.56. The van der Waals surface area contributed by atoms with Gasteiger partial charge in [-0.1, -0.05) is 6.08 Å². The third-order valence-electron chi connectivity index (χ3n) is 3.38. The standard InChI is InChI=1S/C14H19NO4S/c1-9-6-13(11(3)19-9)10(2)15-14(16)7-12-4-5-20(17,18)8-12/h4-6,10,12H,7-8H2,1-3H3,(H,15,16)/t10-,12+/m0/s1. The first-order valence-corrected chi connectivity index (χ1v) is 8.25. The summed E-state index contributed by atoms with van der Waals surface area (Å²) in [7, 11) is -3.10. The van der Waals surface area contributed by atoms with Gasteiger partial charge in [-0.25, -0.2) is 8.42 Å². The Morgan fingerprint density at radius 2 is 2.20 bits per heavy atom. The van der Waals surface area contributed by atoms with Crippen LogP contribution >= 0.6 is 0 Å². The van der Waals surface area contributed by atoms with Crippen molar-refractivity contribution in [1.29, 1.82) is 0 Å². The van der Waals surface area contributed by atoms with Gasteiger partial charge in [-0.3, -0.25) is 4.79 Å². The molecule has 2 rings (SSSR count). The van der Waals surface area contributed by atoms with Crippen molar-refractivity contribution in [2.24, 2.45) is 5.92 Å². The van der Waals surface area contributed by atoms with E-state index in [2.05, 4.69) is 5.32 Å². The molecule has 0 radical (unpaired) electrons. The third kappa shape index (κ3) is 3.50. The lowest BCUT2D eigenvalue weighted by Gasteiger charge is -2.14. The summed E-state index contributed by atoms with van der Waals surface area (Å²) in [5.41, 5.74) is 0.949. The van der Waals surface area contributed by atoms with E-state index in [1.165, 1.54) is 5.41 Å². The molecule has 2 atom stereocenters. The second-order valence-electron chi connectivity index (χ2n) is 5.28. The van der Waals surface area contributed by atoms with Crippen LogP contribution in [0.2, 0.25) is 0 Å². The van der Waals surface area contributed by atoms with Gasteiger partial charge in [0.2, 0.25) is 5.91 Å². The molecule has 0 unspecified atom stereocenters. The van der Waals surface area contributed by atoms with Crippen molar-refractivity contribution >= 4 is 15.7 Å². The first-order valence-electron chi connectivity index (χ1n) is 6.54. The van der Waals surface area contributed by atoms with Gasteiger partial charge in [-0.15, -0.1) is 0 Å². The quantitative estimate of drug-likeness (QED) is 0.922. The molecule has 0 spiro atoms. The van der Waals surface area contributed by atoms with Crippen molar-refractivity contribution in [3.05, 3.63) is 34.6 Å². The van der Waals surface area contributed by atoms with Gasteiger partial charge < -0.3 is 9.73 Å². The number of sulfone groups is 1. The Balaban J connectivity index is 1.92. The highest BCUT2D eigenvalue weighted by atomic mass is 32.2. The summed E-state index contributed by atoms with van der Waals surface area (Å²) < 4.78 is 28.0. The van der Waals surface area contributed by atoms with Gasteiger partial charge in [0.05, 0.1) is 11.8 Å². The molecule has 1 aromatic heterocycles. The SMILES string of the molecule is Cc1cc([C@H](C)NC(=O)C[C@H]2C=CS(=O)(=O)C2)c(C)o1. The second-order valence-corrected chi connectivity index (χ2v) is 7.21. The summed E-state index contributed by atoms with van der Waals surface area (Å²) in [5.74, 6) is 1.25. The number of hydrogen-bond donors (Lipinski definition) is 1. The summed E-state index contributed by atoms with van der Waals surface area (Å²) in [5, 5.41) is 4.07. The van der Waals surface area contributed by atoms with E-state index < -0.39 is 9.84 Å². The van der Waals surface area contributed by atoms with Gasteiger partial charge in [0.1, 0.15) is 11.5 Å². The number of rotatable bonds is 4. The molecule has 1 aromatic rings. The molecule has 0 aromatic carbocycles. The Kier molecular flexibility index (Phi) is 4.04. The molecule has 1 aliphatic heterocycles. The maximum atomic E-state index is 11.9. The van der Waals surface area contributed by atoms with Gasteiger partial charge >= 0.3 is 0 Å². The fraction of sp³-hybridized carbons (Fsp3) is 0.500. The van der Waals surface area contributed by atoms with Crippen LogP contribution in [0.3, 0.4) is 0 Å². The Morgan fingerprint density at radius 3 is 2.70 bits per heavy atom. The van der Waals surface area contributed by atoms with Crippen molar-refractivity contribution in [3.8, 4) is 0 Å². The first kappa shape index (κ1) is 14.8. The number of hydrogen-bond acceptors (Lipinski definition) is 4. The van der Waals surface area contributed by atoms with E-state index in [-0.39, 0.29) is 30.0 Å². The second kappa shape index (κ2) is 5.44. The van der Waals surface area contributed by atoms with Gasteiger partial charge in [0.25, 0.3) is 0 Å². The maximum Gasteiger partial charge on any atom is 0.221 e. The van der Waals surface area contributed by atoms with Crippen molar-refractivity contribution in [3.63, 3.8) is 0 Å². The van der Waals surface area contributed by atoms with Crippen LogP contribution in [0, 0.1) is 19.8 Å². The lowest BCUT2D eigenvalue weighted by atomic mass is 10.1. The minimum absolute atomic E-state index is 0.0264. The molecule has 5 nitrogen and oxygen atoms in total. The van der Waals surface area contributed by atoms with Crippen LogP contribution in [0.15, 0.2) is 22.0 Å². The molecule has 110 valence electrons. The molecule has 0 saturated carbocycles. The molecular formula is C14H19NO4S. The zero-order valence-electron chi connectivity index (χ0n) is 11.8. The zero-order valence-corrected chi connectivity index (χ0v) is 12.7. The van der Waals surface area contributed by atoms with Crippen LogP contribution in [0.25, 0.3) is 0 Å². The normalized spacial score (nSPS) is 21.9. The third-order valence-corrected chi connectivity index (χ3v) is 4.84. The number of carbonyl (C=O) groups is 1. The van der Waals surface area contributed by atoms with Crippen LogP contribution in [0.1, 0.15) is 36.5 Å². The minimum Gasteiger partial charge on any atom is -0.466 e. The fourth-order valence-corrected chi connectivity index (χ4v) is 3.86. The molecule has 2 heterocycles.